The van der Waals surface area contributed by atoms with Gasteiger partial charge in [0, 0.05) is 0 Å². The topological polar surface area (TPSA) is 35.2 Å². The zero-order valence-corrected chi connectivity index (χ0v) is 13.0. The molecule has 1 unspecified atom stereocenters. The fraction of sp³-hybridized carbons (Fsp3) is 0.250. The molecule has 100 valence electrons. The fourth-order valence-corrected chi connectivity index (χ4v) is 2.92. The normalized spacial score (nSPS) is 12.3. The second-order valence-corrected chi connectivity index (χ2v) is 5.53. The van der Waals surface area contributed by atoms with E-state index in [1.54, 1.807) is 7.11 Å². The minimum absolute atomic E-state index is 0.122. The minimum atomic E-state index is -0.122. The molecule has 0 aliphatic carbocycles. The Morgan fingerprint density at radius 3 is 2.26 bits per heavy atom. The summed E-state index contributed by atoms with van der Waals surface area (Å²) in [6.45, 7) is 4.20. The van der Waals surface area contributed by atoms with Crippen molar-refractivity contribution >= 4 is 15.9 Å². The summed E-state index contributed by atoms with van der Waals surface area (Å²) in [5, 5.41) is 0. The summed E-state index contributed by atoms with van der Waals surface area (Å²) in [6.07, 6.45) is 0. The highest BCUT2D eigenvalue weighted by Gasteiger charge is 2.15. The van der Waals surface area contributed by atoms with E-state index in [0.717, 1.165) is 15.8 Å². The van der Waals surface area contributed by atoms with Gasteiger partial charge in [0.25, 0.3) is 0 Å². The third-order valence-corrected chi connectivity index (χ3v) is 4.01. The van der Waals surface area contributed by atoms with E-state index < -0.39 is 0 Å². The molecule has 2 rings (SSSR count). The van der Waals surface area contributed by atoms with Gasteiger partial charge in [-0.15, -0.1) is 0 Å². The van der Waals surface area contributed by atoms with Crippen molar-refractivity contribution in [1.82, 2.24) is 0 Å². The zero-order valence-electron chi connectivity index (χ0n) is 11.4. The molecule has 2 N–H and O–H groups in total. The molecule has 3 heteroatoms. The molecule has 0 fully saturated rings. The molecule has 0 amide bonds. The van der Waals surface area contributed by atoms with E-state index in [9.17, 15) is 0 Å². The Morgan fingerprint density at radius 1 is 1.11 bits per heavy atom. The van der Waals surface area contributed by atoms with Crippen LogP contribution < -0.4 is 10.5 Å². The zero-order chi connectivity index (χ0) is 14.0. The molecule has 2 aromatic rings. The van der Waals surface area contributed by atoms with Gasteiger partial charge in [-0.2, -0.15) is 0 Å². The Balaban J connectivity index is 2.44. The molecular formula is C16H18BrNO. The van der Waals surface area contributed by atoms with Crippen molar-refractivity contribution in [3.63, 3.8) is 0 Å². The van der Waals surface area contributed by atoms with Crippen LogP contribution in [-0.4, -0.2) is 7.11 Å². The summed E-state index contributed by atoms with van der Waals surface area (Å²) in [7, 11) is 1.66. The van der Waals surface area contributed by atoms with Crippen LogP contribution in [0.15, 0.2) is 40.9 Å². The van der Waals surface area contributed by atoms with Gasteiger partial charge in [0.2, 0.25) is 0 Å². The number of halogens is 1. The highest BCUT2D eigenvalue weighted by molar-refractivity contribution is 9.10. The highest BCUT2D eigenvalue weighted by atomic mass is 79.9. The maximum absolute atomic E-state index is 6.42. The van der Waals surface area contributed by atoms with E-state index >= 15 is 0 Å². The lowest BCUT2D eigenvalue weighted by molar-refractivity contribution is 0.412. The van der Waals surface area contributed by atoms with E-state index in [2.05, 4.69) is 48.0 Å². The van der Waals surface area contributed by atoms with Crippen LogP contribution in [0.25, 0.3) is 0 Å². The number of hydrogen-bond donors (Lipinski definition) is 1. The first-order chi connectivity index (χ1) is 9.04. The van der Waals surface area contributed by atoms with Crippen molar-refractivity contribution in [2.45, 2.75) is 19.9 Å². The summed E-state index contributed by atoms with van der Waals surface area (Å²) in [4.78, 5) is 0. The van der Waals surface area contributed by atoms with Crippen molar-refractivity contribution < 1.29 is 4.74 Å². The van der Waals surface area contributed by atoms with E-state index in [4.69, 9.17) is 10.5 Å². The minimum Gasteiger partial charge on any atom is -0.496 e. The average Bonchev–Trinajstić information content (AvgIpc) is 2.38. The van der Waals surface area contributed by atoms with Gasteiger partial charge in [0.1, 0.15) is 5.75 Å². The van der Waals surface area contributed by atoms with Crippen molar-refractivity contribution in [2.24, 2.45) is 5.73 Å². The molecule has 0 aliphatic heterocycles. The first-order valence-electron chi connectivity index (χ1n) is 6.19. The van der Waals surface area contributed by atoms with Crippen LogP contribution in [0.5, 0.6) is 5.75 Å². The van der Waals surface area contributed by atoms with Gasteiger partial charge in [-0.3, -0.25) is 0 Å². The summed E-state index contributed by atoms with van der Waals surface area (Å²) >= 11 is 3.50. The van der Waals surface area contributed by atoms with Gasteiger partial charge in [0.15, 0.2) is 0 Å². The molecule has 0 aliphatic rings. The van der Waals surface area contributed by atoms with Crippen LogP contribution in [0.2, 0.25) is 0 Å². The summed E-state index contributed by atoms with van der Waals surface area (Å²) < 4.78 is 6.17. The van der Waals surface area contributed by atoms with Crippen molar-refractivity contribution in [1.29, 1.82) is 0 Å². The SMILES string of the molecule is COc1ccc(C(N)c2c(C)cccc2C)cc1Br. The molecule has 2 nitrogen and oxygen atoms in total. The third kappa shape index (κ3) is 2.82. The number of benzene rings is 2. The molecule has 19 heavy (non-hydrogen) atoms. The lowest BCUT2D eigenvalue weighted by Crippen LogP contribution is -2.14. The number of ether oxygens (including phenoxy) is 1. The standard InChI is InChI=1S/C16H18BrNO/c1-10-5-4-6-11(2)15(10)16(18)12-7-8-14(19-3)13(17)9-12/h4-9,16H,18H2,1-3H3. The van der Waals surface area contributed by atoms with Crippen LogP contribution in [0.4, 0.5) is 0 Å². The lowest BCUT2D eigenvalue weighted by atomic mass is 9.92. The van der Waals surface area contributed by atoms with Crippen molar-refractivity contribution in [3.8, 4) is 5.75 Å². The third-order valence-electron chi connectivity index (χ3n) is 3.39. The van der Waals surface area contributed by atoms with E-state index in [1.165, 1.54) is 16.7 Å². The molecule has 0 saturated heterocycles. The van der Waals surface area contributed by atoms with Crippen molar-refractivity contribution in [3.05, 3.63) is 63.1 Å². The van der Waals surface area contributed by atoms with Crippen molar-refractivity contribution in [2.75, 3.05) is 7.11 Å². The predicted molar refractivity (Wildman–Crippen MR) is 82.6 cm³/mol. The predicted octanol–water partition coefficient (Wildman–Crippen LogP) is 4.12. The smallest absolute Gasteiger partial charge is 0.133 e. The Bertz CT molecular complexity index is 575. The molecule has 1 atom stereocenters. The highest BCUT2D eigenvalue weighted by Crippen LogP contribution is 2.31. The molecular weight excluding hydrogens is 302 g/mol. The van der Waals surface area contributed by atoms with Crippen LogP contribution in [0, 0.1) is 13.8 Å². The van der Waals surface area contributed by atoms with Gasteiger partial charge in [0.05, 0.1) is 17.6 Å². The Labute approximate surface area is 122 Å². The summed E-state index contributed by atoms with van der Waals surface area (Å²) in [5.74, 6) is 0.817. The maximum atomic E-state index is 6.42. The van der Waals surface area contributed by atoms with E-state index in [0.29, 0.717) is 0 Å². The summed E-state index contributed by atoms with van der Waals surface area (Å²) in [5.41, 5.74) is 11.1. The lowest BCUT2D eigenvalue weighted by Gasteiger charge is -2.18. The largest absolute Gasteiger partial charge is 0.496 e. The molecule has 0 spiro atoms. The molecule has 0 aromatic heterocycles. The van der Waals surface area contributed by atoms with Gasteiger partial charge < -0.3 is 10.5 Å². The van der Waals surface area contributed by atoms with E-state index in [-0.39, 0.29) is 6.04 Å². The first-order valence-corrected chi connectivity index (χ1v) is 6.99. The number of nitrogens with two attached hydrogens (primary N) is 1. The van der Waals surface area contributed by atoms with Crippen LogP contribution >= 0.6 is 15.9 Å². The van der Waals surface area contributed by atoms with Crippen LogP contribution in [0.3, 0.4) is 0 Å². The fourth-order valence-electron chi connectivity index (χ4n) is 2.36. The quantitative estimate of drug-likeness (QED) is 0.923. The Kier molecular flexibility index (Phi) is 4.27. The number of hydrogen-bond acceptors (Lipinski definition) is 2. The number of rotatable bonds is 3. The Hall–Kier alpha value is -1.32. The molecule has 0 radical (unpaired) electrons. The van der Waals surface area contributed by atoms with Crippen LogP contribution in [-0.2, 0) is 0 Å². The first kappa shape index (κ1) is 14.1. The second kappa shape index (κ2) is 5.76. The van der Waals surface area contributed by atoms with Gasteiger partial charge >= 0.3 is 0 Å². The van der Waals surface area contributed by atoms with Gasteiger partial charge in [-0.05, 0) is 64.2 Å². The van der Waals surface area contributed by atoms with Crippen LogP contribution in [0.1, 0.15) is 28.3 Å². The second-order valence-electron chi connectivity index (χ2n) is 4.68. The number of aryl methyl sites for hydroxylation is 2. The molecule has 0 heterocycles. The maximum Gasteiger partial charge on any atom is 0.133 e. The van der Waals surface area contributed by atoms with E-state index in [1.807, 2.05) is 18.2 Å². The van der Waals surface area contributed by atoms with Gasteiger partial charge in [-0.25, -0.2) is 0 Å². The average molecular weight is 320 g/mol. The molecule has 2 aromatic carbocycles. The summed E-state index contributed by atoms with van der Waals surface area (Å²) in [6, 6.07) is 12.1. The monoisotopic (exact) mass is 319 g/mol. The molecule has 0 saturated carbocycles. The number of methoxy groups -OCH3 is 1. The van der Waals surface area contributed by atoms with Gasteiger partial charge in [-0.1, -0.05) is 24.3 Å². The molecule has 0 bridgehead atoms. The Morgan fingerprint density at radius 2 is 1.74 bits per heavy atom.